The molecule has 9 nitrogen and oxygen atoms in total. The molecule has 6 N–H and O–H groups in total. The molecule has 0 saturated carbocycles. The predicted molar refractivity (Wildman–Crippen MR) is 152 cm³/mol. The Morgan fingerprint density at radius 1 is 0.846 bits per heavy atom. The Kier molecular flexibility index (Phi) is 20.8. The normalized spacial score (nSPS) is 25.2. The highest BCUT2D eigenvalue weighted by Crippen LogP contribution is 2.22. The topological polar surface area (TPSA) is 149 Å². The van der Waals surface area contributed by atoms with Crippen LogP contribution in [0, 0.1) is 0 Å². The predicted octanol–water partition coefficient (Wildman–Crippen LogP) is 3.49. The monoisotopic (exact) mass is 559 g/mol. The number of hydrogen-bond donors (Lipinski definition) is 6. The fraction of sp³-hybridized carbons (Fsp3) is 0.900. The zero-order valence-corrected chi connectivity index (χ0v) is 24.4. The Balaban J connectivity index is 2.58. The number of aliphatic hydroxyl groups excluding tert-OH is 5. The van der Waals surface area contributed by atoms with E-state index in [0.29, 0.717) is 6.42 Å². The number of carbonyl (C=O) groups excluding carboxylic acids is 1. The van der Waals surface area contributed by atoms with E-state index in [2.05, 4.69) is 19.2 Å². The molecule has 9 heteroatoms. The molecule has 1 rings (SSSR count). The molecule has 0 aromatic rings. The SMILES string of the molecule is CCCCCCCCCC/C=C/C(O)C(COC1OC(CO)C(O)C(O)C1O)NC(=O)CCCCCCCC. The average molecular weight is 560 g/mol. The first-order chi connectivity index (χ1) is 18.8. The van der Waals surface area contributed by atoms with Gasteiger partial charge in [-0.25, -0.2) is 0 Å². The third-order valence-electron chi connectivity index (χ3n) is 7.36. The third kappa shape index (κ3) is 15.5. The van der Waals surface area contributed by atoms with E-state index in [0.717, 1.165) is 44.9 Å². The van der Waals surface area contributed by atoms with Crippen LogP contribution < -0.4 is 5.32 Å². The van der Waals surface area contributed by atoms with Crippen molar-refractivity contribution in [2.45, 2.75) is 159 Å². The van der Waals surface area contributed by atoms with Crippen LogP contribution in [0.15, 0.2) is 12.2 Å². The van der Waals surface area contributed by atoms with Gasteiger partial charge in [0.2, 0.25) is 5.91 Å². The fourth-order valence-electron chi connectivity index (χ4n) is 4.74. The molecule has 1 fully saturated rings. The molecular formula is C30H57NO8. The minimum absolute atomic E-state index is 0.186. The van der Waals surface area contributed by atoms with Gasteiger partial charge in [0.15, 0.2) is 6.29 Å². The summed E-state index contributed by atoms with van der Waals surface area (Å²) in [6.07, 6.45) is 12.9. The maximum absolute atomic E-state index is 12.6. The highest BCUT2D eigenvalue weighted by Gasteiger charge is 2.44. The summed E-state index contributed by atoms with van der Waals surface area (Å²) < 4.78 is 11.0. The molecular weight excluding hydrogens is 502 g/mol. The minimum atomic E-state index is -1.56. The molecule has 0 spiro atoms. The molecule has 7 unspecified atom stereocenters. The molecule has 0 bridgehead atoms. The molecule has 0 aliphatic carbocycles. The summed E-state index contributed by atoms with van der Waals surface area (Å²) in [6, 6.07) is -0.792. The summed E-state index contributed by atoms with van der Waals surface area (Å²) in [7, 11) is 0. The number of aliphatic hydroxyl groups is 5. The van der Waals surface area contributed by atoms with Crippen molar-refractivity contribution in [3.8, 4) is 0 Å². The van der Waals surface area contributed by atoms with Crippen LogP contribution in [-0.4, -0.2) is 87.5 Å². The second-order valence-electron chi connectivity index (χ2n) is 10.9. The average Bonchev–Trinajstić information content (AvgIpc) is 2.93. The van der Waals surface area contributed by atoms with E-state index in [-0.39, 0.29) is 12.5 Å². The summed E-state index contributed by atoms with van der Waals surface area (Å²) in [5.41, 5.74) is 0. The van der Waals surface area contributed by atoms with E-state index in [1.807, 2.05) is 6.08 Å². The van der Waals surface area contributed by atoms with Crippen molar-refractivity contribution >= 4 is 5.91 Å². The lowest BCUT2D eigenvalue weighted by Gasteiger charge is -2.40. The number of unbranched alkanes of at least 4 members (excludes halogenated alkanes) is 13. The number of amides is 1. The third-order valence-corrected chi connectivity index (χ3v) is 7.36. The van der Waals surface area contributed by atoms with Gasteiger partial charge >= 0.3 is 0 Å². The first-order valence-electron chi connectivity index (χ1n) is 15.4. The Bertz CT molecular complexity index is 632. The lowest BCUT2D eigenvalue weighted by atomic mass is 9.99. The van der Waals surface area contributed by atoms with Gasteiger partial charge in [-0.1, -0.05) is 103 Å². The molecule has 1 saturated heterocycles. The van der Waals surface area contributed by atoms with Crippen molar-refractivity contribution < 1.29 is 39.8 Å². The first-order valence-corrected chi connectivity index (χ1v) is 15.4. The van der Waals surface area contributed by atoms with Crippen LogP contribution in [0.1, 0.15) is 117 Å². The van der Waals surface area contributed by atoms with Crippen molar-refractivity contribution in [1.82, 2.24) is 5.32 Å². The van der Waals surface area contributed by atoms with Crippen LogP contribution in [0.2, 0.25) is 0 Å². The van der Waals surface area contributed by atoms with Crippen LogP contribution in [-0.2, 0) is 14.3 Å². The van der Waals surface area contributed by atoms with Gasteiger partial charge in [0.05, 0.1) is 25.4 Å². The maximum Gasteiger partial charge on any atom is 0.220 e. The summed E-state index contributed by atoms with van der Waals surface area (Å²) in [4.78, 5) is 12.6. The van der Waals surface area contributed by atoms with E-state index in [1.165, 1.54) is 51.4 Å². The molecule has 1 heterocycles. The van der Waals surface area contributed by atoms with Crippen molar-refractivity contribution in [1.29, 1.82) is 0 Å². The van der Waals surface area contributed by atoms with Crippen LogP contribution in [0.5, 0.6) is 0 Å². The van der Waals surface area contributed by atoms with Crippen molar-refractivity contribution in [3.63, 3.8) is 0 Å². The van der Waals surface area contributed by atoms with Gasteiger partial charge in [0, 0.05) is 6.42 Å². The molecule has 0 radical (unpaired) electrons. The van der Waals surface area contributed by atoms with Gasteiger partial charge in [0.1, 0.15) is 24.4 Å². The Morgan fingerprint density at radius 2 is 1.41 bits per heavy atom. The maximum atomic E-state index is 12.6. The van der Waals surface area contributed by atoms with Crippen molar-refractivity contribution in [2.24, 2.45) is 0 Å². The zero-order chi connectivity index (χ0) is 28.9. The van der Waals surface area contributed by atoms with Crippen LogP contribution >= 0.6 is 0 Å². The molecule has 230 valence electrons. The largest absolute Gasteiger partial charge is 0.394 e. The molecule has 1 aliphatic rings. The Hall–Kier alpha value is -1.07. The van der Waals surface area contributed by atoms with Crippen molar-refractivity contribution in [2.75, 3.05) is 13.2 Å². The molecule has 1 amide bonds. The number of carbonyl (C=O) groups is 1. The highest BCUT2D eigenvalue weighted by atomic mass is 16.7. The van der Waals surface area contributed by atoms with Gasteiger partial charge in [-0.3, -0.25) is 4.79 Å². The van der Waals surface area contributed by atoms with E-state index >= 15 is 0 Å². The molecule has 7 atom stereocenters. The Labute approximate surface area is 236 Å². The van der Waals surface area contributed by atoms with E-state index < -0.39 is 49.5 Å². The number of hydrogen-bond acceptors (Lipinski definition) is 8. The van der Waals surface area contributed by atoms with Crippen LogP contribution in [0.3, 0.4) is 0 Å². The second-order valence-corrected chi connectivity index (χ2v) is 10.9. The lowest BCUT2D eigenvalue weighted by molar-refractivity contribution is -0.302. The second kappa shape index (κ2) is 22.6. The van der Waals surface area contributed by atoms with Gasteiger partial charge in [-0.05, 0) is 19.3 Å². The van der Waals surface area contributed by atoms with Gasteiger partial charge in [0.25, 0.3) is 0 Å². The van der Waals surface area contributed by atoms with Crippen LogP contribution in [0.25, 0.3) is 0 Å². The van der Waals surface area contributed by atoms with Crippen molar-refractivity contribution in [3.05, 3.63) is 12.2 Å². The highest BCUT2D eigenvalue weighted by molar-refractivity contribution is 5.76. The number of nitrogens with one attached hydrogen (secondary N) is 1. The molecule has 0 aromatic carbocycles. The number of allylic oxidation sites excluding steroid dienone is 1. The van der Waals surface area contributed by atoms with Gasteiger partial charge in [-0.15, -0.1) is 0 Å². The number of rotatable bonds is 23. The van der Waals surface area contributed by atoms with Gasteiger partial charge in [-0.2, -0.15) is 0 Å². The summed E-state index contributed by atoms with van der Waals surface area (Å²) in [5, 5.41) is 53.3. The van der Waals surface area contributed by atoms with Crippen LogP contribution in [0.4, 0.5) is 0 Å². The first kappa shape index (κ1) is 36.0. The smallest absolute Gasteiger partial charge is 0.220 e. The minimum Gasteiger partial charge on any atom is -0.394 e. The summed E-state index contributed by atoms with van der Waals surface area (Å²) >= 11 is 0. The summed E-state index contributed by atoms with van der Waals surface area (Å²) in [5.74, 6) is -0.191. The standard InChI is InChI=1S/C30H57NO8/c1-3-5-7-9-11-12-13-14-15-17-19-24(33)23(31-26(34)20-18-16-10-8-6-4-2)22-38-30-29(37)28(36)27(35)25(21-32)39-30/h17,19,23-25,27-30,32-33,35-37H,3-16,18,20-22H2,1-2H3,(H,31,34)/b19-17+. The summed E-state index contributed by atoms with van der Waals surface area (Å²) in [6.45, 7) is 3.63. The molecule has 0 aromatic heterocycles. The Morgan fingerprint density at radius 3 is 2.00 bits per heavy atom. The quantitative estimate of drug-likeness (QED) is 0.0823. The van der Waals surface area contributed by atoms with E-state index in [4.69, 9.17) is 9.47 Å². The van der Waals surface area contributed by atoms with E-state index in [9.17, 15) is 30.3 Å². The number of ether oxygens (including phenoxy) is 2. The lowest BCUT2D eigenvalue weighted by Crippen LogP contribution is -2.60. The fourth-order valence-corrected chi connectivity index (χ4v) is 4.74. The molecule has 39 heavy (non-hydrogen) atoms. The molecule has 1 aliphatic heterocycles. The van der Waals surface area contributed by atoms with E-state index in [1.54, 1.807) is 6.08 Å². The zero-order valence-electron chi connectivity index (χ0n) is 24.4. The van der Waals surface area contributed by atoms with Gasteiger partial charge < -0.3 is 40.3 Å².